The van der Waals surface area contributed by atoms with Crippen LogP contribution in [0.15, 0.2) is 16.8 Å². The van der Waals surface area contributed by atoms with Gasteiger partial charge in [0.1, 0.15) is 11.6 Å². The van der Waals surface area contributed by atoms with Crippen LogP contribution in [0, 0.1) is 40.9 Å². The summed E-state index contributed by atoms with van der Waals surface area (Å²) in [5, 5.41) is 35.4. The highest BCUT2D eigenvalue weighted by atomic mass is 16.6. The molecular weight excluding hydrogens is 436 g/mol. The van der Waals surface area contributed by atoms with Gasteiger partial charge in [-0.25, -0.2) is 4.79 Å². The van der Waals surface area contributed by atoms with E-state index in [1.165, 1.54) is 5.57 Å². The summed E-state index contributed by atoms with van der Waals surface area (Å²) in [4.78, 5) is 28.0. The van der Waals surface area contributed by atoms with Crippen molar-refractivity contribution in [1.82, 2.24) is 5.32 Å². The van der Waals surface area contributed by atoms with E-state index in [9.17, 15) is 14.7 Å². The fourth-order valence-corrected chi connectivity index (χ4v) is 7.49. The lowest BCUT2D eigenvalue weighted by Crippen LogP contribution is -2.54. The number of carbonyl (C=O) groups excluding carboxylic acids is 1. The van der Waals surface area contributed by atoms with E-state index in [4.69, 9.17) is 21.5 Å². The quantitative estimate of drug-likeness (QED) is 0.347. The summed E-state index contributed by atoms with van der Waals surface area (Å²) >= 11 is 0. The molecule has 8 nitrogen and oxygen atoms in total. The Balaban J connectivity index is 1.42. The highest BCUT2D eigenvalue weighted by molar-refractivity contribution is 5.96. The number of amides is 1. The fourth-order valence-electron chi connectivity index (χ4n) is 7.49. The average Bonchev–Trinajstić information content (AvgIpc) is 3.08. The van der Waals surface area contributed by atoms with Gasteiger partial charge in [-0.15, -0.1) is 6.42 Å². The summed E-state index contributed by atoms with van der Waals surface area (Å²) in [7, 11) is 0. The topological polar surface area (TPSA) is 128 Å². The standard InChI is InChI=1S/C26H36N2O6/c1-4-26(33)12-9-20-18-6-5-16-13-17(28-34-15-22(30)27-21(14-29)23(31)32)7-10-24(16,2)19(18)8-11-25(20,26)3/h1,13,18-21,29,33H,5-12,14-15H2,2-3H3,(H,27,30)(H,31,32)/b28-17+/t18-,19+,20+,21?,24+,25+,26-/m1/s1. The maximum Gasteiger partial charge on any atom is 0.328 e. The summed E-state index contributed by atoms with van der Waals surface area (Å²) in [6.07, 6.45) is 15.4. The van der Waals surface area contributed by atoms with Gasteiger partial charge in [-0.1, -0.05) is 30.5 Å². The van der Waals surface area contributed by atoms with Crippen LogP contribution in [0.1, 0.15) is 65.2 Å². The van der Waals surface area contributed by atoms with Gasteiger partial charge in [0, 0.05) is 5.41 Å². The van der Waals surface area contributed by atoms with E-state index in [1.807, 2.05) is 0 Å². The van der Waals surface area contributed by atoms with Crippen LogP contribution in [-0.2, 0) is 14.4 Å². The summed E-state index contributed by atoms with van der Waals surface area (Å²) in [6, 6.07) is -1.36. The Bertz CT molecular complexity index is 953. The molecule has 0 aliphatic heterocycles. The van der Waals surface area contributed by atoms with Gasteiger partial charge in [0.05, 0.1) is 12.3 Å². The van der Waals surface area contributed by atoms with E-state index < -0.39 is 36.7 Å². The Kier molecular flexibility index (Phi) is 6.56. The molecule has 4 aliphatic carbocycles. The molecule has 186 valence electrons. The molecule has 1 amide bonds. The van der Waals surface area contributed by atoms with Crippen LogP contribution < -0.4 is 5.32 Å². The monoisotopic (exact) mass is 472 g/mol. The fraction of sp³-hybridized carbons (Fsp3) is 0.731. The summed E-state index contributed by atoms with van der Waals surface area (Å²) in [5.41, 5.74) is 1.07. The normalized spacial score (nSPS) is 40.7. The summed E-state index contributed by atoms with van der Waals surface area (Å²) < 4.78 is 0. The Morgan fingerprint density at radius 2 is 1.97 bits per heavy atom. The van der Waals surface area contributed by atoms with Crippen molar-refractivity contribution >= 4 is 17.6 Å². The molecule has 34 heavy (non-hydrogen) atoms. The number of carboxylic acid groups (broad SMARTS) is 1. The lowest BCUT2D eigenvalue weighted by molar-refractivity contribution is -0.143. The number of carbonyl (C=O) groups is 2. The van der Waals surface area contributed by atoms with Crippen molar-refractivity contribution in [2.45, 2.75) is 76.9 Å². The third-order valence-corrected chi connectivity index (χ3v) is 9.56. The van der Waals surface area contributed by atoms with Crippen LogP contribution in [0.3, 0.4) is 0 Å². The molecule has 0 aromatic heterocycles. The number of hydrogen-bond donors (Lipinski definition) is 4. The second-order valence-corrected chi connectivity index (χ2v) is 11.0. The van der Waals surface area contributed by atoms with E-state index in [1.54, 1.807) is 0 Å². The number of fused-ring (bicyclic) bond motifs is 5. The van der Waals surface area contributed by atoms with Crippen molar-refractivity contribution in [2.24, 2.45) is 33.7 Å². The van der Waals surface area contributed by atoms with Crippen molar-refractivity contribution in [3.05, 3.63) is 11.6 Å². The molecule has 0 bridgehead atoms. The molecule has 3 saturated carbocycles. The van der Waals surface area contributed by atoms with Crippen LogP contribution in [0.2, 0.25) is 0 Å². The molecule has 0 radical (unpaired) electrons. The van der Waals surface area contributed by atoms with Crippen molar-refractivity contribution in [2.75, 3.05) is 13.2 Å². The lowest BCUT2D eigenvalue weighted by atomic mass is 9.46. The molecule has 1 unspecified atom stereocenters. The second-order valence-electron chi connectivity index (χ2n) is 11.0. The van der Waals surface area contributed by atoms with E-state index in [2.05, 4.69) is 36.3 Å². The molecular formula is C26H36N2O6. The number of nitrogens with one attached hydrogen (secondary N) is 1. The zero-order valence-corrected chi connectivity index (χ0v) is 20.0. The second kappa shape index (κ2) is 9.01. The first-order chi connectivity index (χ1) is 16.1. The first kappa shape index (κ1) is 24.7. The molecule has 7 atom stereocenters. The number of rotatable bonds is 6. The third kappa shape index (κ3) is 3.93. The molecule has 3 fully saturated rings. The predicted molar refractivity (Wildman–Crippen MR) is 126 cm³/mol. The number of aliphatic carboxylic acids is 1. The highest BCUT2D eigenvalue weighted by Crippen LogP contribution is 2.67. The van der Waals surface area contributed by atoms with Gasteiger partial charge < -0.3 is 25.5 Å². The zero-order chi connectivity index (χ0) is 24.7. The van der Waals surface area contributed by atoms with Gasteiger partial charge in [0.15, 0.2) is 6.61 Å². The maximum absolute atomic E-state index is 11.9. The average molecular weight is 473 g/mol. The minimum Gasteiger partial charge on any atom is -0.480 e. The van der Waals surface area contributed by atoms with Crippen molar-refractivity contribution in [3.63, 3.8) is 0 Å². The molecule has 0 spiro atoms. The lowest BCUT2D eigenvalue weighted by Gasteiger charge is -2.58. The molecule has 0 aromatic rings. The molecule has 4 aliphatic rings. The first-order valence-electron chi connectivity index (χ1n) is 12.3. The van der Waals surface area contributed by atoms with Crippen molar-refractivity contribution in [3.8, 4) is 12.3 Å². The van der Waals surface area contributed by atoms with Crippen molar-refractivity contribution < 1.29 is 29.7 Å². The Morgan fingerprint density at radius 3 is 2.65 bits per heavy atom. The number of terminal acetylenes is 1. The van der Waals surface area contributed by atoms with Gasteiger partial charge in [0.25, 0.3) is 5.91 Å². The van der Waals surface area contributed by atoms with Crippen LogP contribution in [0.25, 0.3) is 0 Å². The van der Waals surface area contributed by atoms with Gasteiger partial charge in [-0.2, -0.15) is 0 Å². The van der Waals surface area contributed by atoms with Gasteiger partial charge in [-0.3, -0.25) is 4.79 Å². The predicted octanol–water partition coefficient (Wildman–Crippen LogP) is 2.25. The highest BCUT2D eigenvalue weighted by Gasteiger charge is 2.63. The maximum atomic E-state index is 11.9. The SMILES string of the molecule is C#C[C@@]1(O)CC[C@H]2[C@@H]3CCC4=C/C(=N/OCC(=O)NC(CO)C(=O)O)CC[C@]4(C)[C@H]3CC[C@@]21C. The van der Waals surface area contributed by atoms with Gasteiger partial charge in [0.2, 0.25) is 0 Å². The number of carboxylic acids is 1. The first-order valence-corrected chi connectivity index (χ1v) is 12.3. The molecule has 0 heterocycles. The van der Waals surface area contributed by atoms with E-state index in [-0.39, 0.29) is 10.8 Å². The number of allylic oxidation sites excluding steroid dienone is 2. The van der Waals surface area contributed by atoms with Crippen LogP contribution in [0.4, 0.5) is 0 Å². The Hall–Kier alpha value is -2.37. The van der Waals surface area contributed by atoms with E-state index in [0.29, 0.717) is 24.2 Å². The minimum atomic E-state index is -1.36. The summed E-state index contributed by atoms with van der Waals surface area (Å²) in [5.74, 6) is 2.37. The molecule has 0 aromatic carbocycles. The van der Waals surface area contributed by atoms with E-state index >= 15 is 0 Å². The zero-order valence-electron chi connectivity index (χ0n) is 20.0. The van der Waals surface area contributed by atoms with Crippen LogP contribution >= 0.6 is 0 Å². The number of oxime groups is 1. The van der Waals surface area contributed by atoms with Crippen LogP contribution in [0.5, 0.6) is 0 Å². The Labute approximate surface area is 200 Å². The van der Waals surface area contributed by atoms with E-state index in [0.717, 1.165) is 50.7 Å². The minimum absolute atomic E-state index is 0.0906. The molecule has 4 N–H and O–H groups in total. The Morgan fingerprint density at radius 1 is 1.24 bits per heavy atom. The third-order valence-electron chi connectivity index (χ3n) is 9.56. The summed E-state index contributed by atoms with van der Waals surface area (Å²) in [6.45, 7) is 3.47. The number of aliphatic hydroxyl groups is 2. The van der Waals surface area contributed by atoms with Crippen LogP contribution in [-0.4, -0.2) is 57.8 Å². The van der Waals surface area contributed by atoms with Crippen molar-refractivity contribution in [1.29, 1.82) is 0 Å². The van der Waals surface area contributed by atoms with Gasteiger partial charge in [-0.05, 0) is 80.6 Å². The largest absolute Gasteiger partial charge is 0.480 e. The number of hydrogen-bond acceptors (Lipinski definition) is 6. The number of nitrogens with zero attached hydrogens (tertiary/aromatic N) is 1. The molecule has 0 saturated heterocycles. The number of aliphatic hydroxyl groups excluding tert-OH is 1. The van der Waals surface area contributed by atoms with Gasteiger partial charge >= 0.3 is 5.97 Å². The smallest absolute Gasteiger partial charge is 0.328 e. The molecule has 4 rings (SSSR count). The molecule has 8 heteroatoms.